The number of nitrogens with zero attached hydrogens (tertiary/aromatic N) is 2. The van der Waals surface area contributed by atoms with E-state index >= 15 is 0 Å². The Bertz CT molecular complexity index is 676. The summed E-state index contributed by atoms with van der Waals surface area (Å²) < 4.78 is 14.1. The quantitative estimate of drug-likeness (QED) is 0.528. The Labute approximate surface area is 120 Å². The van der Waals surface area contributed by atoms with Crippen molar-refractivity contribution in [3.05, 3.63) is 62.6 Å². The molecule has 1 aromatic carbocycles. The molecule has 0 saturated carbocycles. The van der Waals surface area contributed by atoms with Crippen molar-refractivity contribution in [2.45, 2.75) is 0 Å². The number of nitro groups is 1. The summed E-state index contributed by atoms with van der Waals surface area (Å²) in [6.45, 7) is 0. The third-order valence-corrected chi connectivity index (χ3v) is 2.89. The third-order valence-electron chi connectivity index (χ3n) is 2.42. The van der Waals surface area contributed by atoms with Gasteiger partial charge in [0.05, 0.1) is 10.5 Å². The lowest BCUT2D eigenvalue weighted by atomic mass is 10.2. The van der Waals surface area contributed by atoms with Crippen LogP contribution in [-0.4, -0.2) is 15.8 Å². The SMILES string of the molecule is O=C(Nc1c(F)cccc1[N+](=O)[O-])c1ccc(Br)nc1. The lowest BCUT2D eigenvalue weighted by Crippen LogP contribution is -2.14. The van der Waals surface area contributed by atoms with Gasteiger partial charge in [-0.3, -0.25) is 14.9 Å². The van der Waals surface area contributed by atoms with Crippen LogP contribution >= 0.6 is 15.9 Å². The third kappa shape index (κ3) is 2.97. The molecule has 1 heterocycles. The number of nitrogens with one attached hydrogen (secondary N) is 1. The van der Waals surface area contributed by atoms with E-state index in [1.165, 1.54) is 24.4 Å². The summed E-state index contributed by atoms with van der Waals surface area (Å²) in [6, 6.07) is 6.33. The average molecular weight is 340 g/mol. The minimum atomic E-state index is -0.877. The van der Waals surface area contributed by atoms with E-state index in [0.29, 0.717) is 4.60 Å². The fourth-order valence-corrected chi connectivity index (χ4v) is 1.72. The molecule has 0 atom stereocenters. The summed E-state index contributed by atoms with van der Waals surface area (Å²) in [4.78, 5) is 25.8. The predicted molar refractivity (Wildman–Crippen MR) is 72.9 cm³/mol. The van der Waals surface area contributed by atoms with Gasteiger partial charge in [-0.05, 0) is 34.1 Å². The van der Waals surface area contributed by atoms with Crippen molar-refractivity contribution < 1.29 is 14.1 Å². The van der Waals surface area contributed by atoms with Crippen molar-refractivity contribution in [2.75, 3.05) is 5.32 Å². The average Bonchev–Trinajstić information content (AvgIpc) is 2.41. The Morgan fingerprint density at radius 2 is 2.10 bits per heavy atom. The second-order valence-electron chi connectivity index (χ2n) is 3.71. The summed E-state index contributed by atoms with van der Waals surface area (Å²) in [5, 5.41) is 13.0. The molecule has 0 aliphatic rings. The molecule has 1 aromatic heterocycles. The maximum Gasteiger partial charge on any atom is 0.295 e. The number of carbonyl (C=O) groups excluding carboxylic acids is 1. The zero-order chi connectivity index (χ0) is 14.7. The van der Waals surface area contributed by atoms with Gasteiger partial charge in [0.1, 0.15) is 4.60 Å². The molecule has 20 heavy (non-hydrogen) atoms. The second kappa shape index (κ2) is 5.74. The summed E-state index contributed by atoms with van der Waals surface area (Å²) in [7, 11) is 0. The number of pyridine rings is 1. The maximum atomic E-state index is 13.6. The van der Waals surface area contributed by atoms with Crippen LogP contribution in [0.15, 0.2) is 41.1 Å². The Morgan fingerprint density at radius 1 is 1.35 bits per heavy atom. The number of anilines is 1. The van der Waals surface area contributed by atoms with Crippen molar-refractivity contribution in [3.63, 3.8) is 0 Å². The van der Waals surface area contributed by atoms with Crippen LogP contribution < -0.4 is 5.32 Å². The highest BCUT2D eigenvalue weighted by molar-refractivity contribution is 9.10. The van der Waals surface area contributed by atoms with Gasteiger partial charge in [-0.15, -0.1) is 0 Å². The van der Waals surface area contributed by atoms with Crippen LogP contribution in [0.3, 0.4) is 0 Å². The molecule has 0 radical (unpaired) electrons. The smallest absolute Gasteiger partial charge is 0.295 e. The van der Waals surface area contributed by atoms with Gasteiger partial charge in [0.25, 0.3) is 11.6 Å². The molecule has 8 heteroatoms. The van der Waals surface area contributed by atoms with Crippen molar-refractivity contribution in [1.82, 2.24) is 4.98 Å². The number of amides is 1. The van der Waals surface area contributed by atoms with E-state index in [1.807, 2.05) is 0 Å². The van der Waals surface area contributed by atoms with Gasteiger partial charge in [0, 0.05) is 12.3 Å². The number of nitro benzene ring substituents is 1. The van der Waals surface area contributed by atoms with E-state index in [2.05, 4.69) is 26.2 Å². The molecule has 0 saturated heterocycles. The Hall–Kier alpha value is -2.35. The van der Waals surface area contributed by atoms with E-state index < -0.39 is 28.0 Å². The second-order valence-corrected chi connectivity index (χ2v) is 4.53. The number of rotatable bonds is 3. The number of aromatic nitrogens is 1. The van der Waals surface area contributed by atoms with E-state index in [9.17, 15) is 19.3 Å². The number of para-hydroxylation sites is 1. The highest BCUT2D eigenvalue weighted by Crippen LogP contribution is 2.27. The molecule has 102 valence electrons. The molecular weight excluding hydrogens is 333 g/mol. The first-order valence-corrected chi connectivity index (χ1v) is 6.14. The van der Waals surface area contributed by atoms with Crippen molar-refractivity contribution in [2.24, 2.45) is 0 Å². The van der Waals surface area contributed by atoms with Gasteiger partial charge >= 0.3 is 0 Å². The topological polar surface area (TPSA) is 85.1 Å². The standard InChI is InChI=1S/C12H7BrFN3O3/c13-10-5-4-7(6-15-10)12(18)16-11-8(14)2-1-3-9(11)17(19)20/h1-6H,(H,16,18). The Balaban J connectivity index is 2.32. The fraction of sp³-hybridized carbons (Fsp3) is 0. The molecular formula is C12H7BrFN3O3. The molecule has 2 rings (SSSR count). The zero-order valence-corrected chi connectivity index (χ0v) is 11.4. The van der Waals surface area contributed by atoms with Gasteiger partial charge in [-0.1, -0.05) is 6.07 Å². The molecule has 0 aliphatic heterocycles. The predicted octanol–water partition coefficient (Wildman–Crippen LogP) is 3.14. The van der Waals surface area contributed by atoms with Crippen LogP contribution in [0, 0.1) is 15.9 Å². The van der Waals surface area contributed by atoms with Crippen LogP contribution in [0.2, 0.25) is 0 Å². The highest BCUT2D eigenvalue weighted by Gasteiger charge is 2.20. The Kier molecular flexibility index (Phi) is 4.04. The van der Waals surface area contributed by atoms with Crippen molar-refractivity contribution in [1.29, 1.82) is 0 Å². The first-order valence-electron chi connectivity index (χ1n) is 5.35. The summed E-state index contributed by atoms with van der Waals surface area (Å²) >= 11 is 3.11. The largest absolute Gasteiger partial charge is 0.314 e. The Morgan fingerprint density at radius 3 is 2.70 bits per heavy atom. The number of halogens is 2. The van der Waals surface area contributed by atoms with Gasteiger partial charge in [0.2, 0.25) is 0 Å². The normalized spacial score (nSPS) is 10.1. The van der Waals surface area contributed by atoms with Crippen LogP contribution in [0.4, 0.5) is 15.8 Å². The van der Waals surface area contributed by atoms with Crippen molar-refractivity contribution in [3.8, 4) is 0 Å². The molecule has 2 aromatic rings. The van der Waals surface area contributed by atoms with E-state index in [-0.39, 0.29) is 5.56 Å². The molecule has 1 amide bonds. The monoisotopic (exact) mass is 339 g/mol. The lowest BCUT2D eigenvalue weighted by molar-refractivity contribution is -0.384. The first-order chi connectivity index (χ1) is 9.49. The van der Waals surface area contributed by atoms with Crippen LogP contribution in [0.25, 0.3) is 0 Å². The first kappa shape index (κ1) is 14.1. The number of hydrogen-bond acceptors (Lipinski definition) is 4. The molecule has 0 bridgehead atoms. The molecule has 0 aliphatic carbocycles. The highest BCUT2D eigenvalue weighted by atomic mass is 79.9. The molecule has 6 nitrogen and oxygen atoms in total. The van der Waals surface area contributed by atoms with Gasteiger partial charge < -0.3 is 5.32 Å². The summed E-state index contributed by atoms with van der Waals surface area (Å²) in [5.41, 5.74) is -0.820. The van der Waals surface area contributed by atoms with Crippen molar-refractivity contribution >= 4 is 33.2 Å². The molecule has 0 fully saturated rings. The number of benzene rings is 1. The number of carbonyl (C=O) groups is 1. The van der Waals surface area contributed by atoms with E-state index in [4.69, 9.17) is 0 Å². The van der Waals surface area contributed by atoms with E-state index in [1.54, 1.807) is 0 Å². The van der Waals surface area contributed by atoms with Crippen LogP contribution in [0.1, 0.15) is 10.4 Å². The van der Waals surface area contributed by atoms with E-state index in [0.717, 1.165) is 12.1 Å². The van der Waals surface area contributed by atoms with Gasteiger partial charge in [-0.25, -0.2) is 9.37 Å². The zero-order valence-electron chi connectivity index (χ0n) is 9.84. The molecule has 0 spiro atoms. The minimum Gasteiger partial charge on any atom is -0.314 e. The van der Waals surface area contributed by atoms with Crippen LogP contribution in [0.5, 0.6) is 0 Å². The summed E-state index contributed by atoms with van der Waals surface area (Å²) in [6.07, 6.45) is 1.27. The van der Waals surface area contributed by atoms with Gasteiger partial charge in [0.15, 0.2) is 11.5 Å². The number of hydrogen-bond donors (Lipinski definition) is 1. The summed E-state index contributed by atoms with van der Waals surface area (Å²) in [5.74, 6) is -1.56. The molecule has 1 N–H and O–H groups in total. The lowest BCUT2D eigenvalue weighted by Gasteiger charge is -2.06. The molecule has 0 unspecified atom stereocenters. The fourth-order valence-electron chi connectivity index (χ4n) is 1.48. The maximum absolute atomic E-state index is 13.6. The minimum absolute atomic E-state index is 0.158. The van der Waals surface area contributed by atoms with Gasteiger partial charge in [-0.2, -0.15) is 0 Å². The van der Waals surface area contributed by atoms with Crippen LogP contribution in [-0.2, 0) is 0 Å².